The number of nitrogens with two attached hydrogens (primary N) is 1. The van der Waals surface area contributed by atoms with Crippen LogP contribution in [0.1, 0.15) is 6.92 Å². The number of hydrogen-bond acceptors (Lipinski definition) is 3. The van der Waals surface area contributed by atoms with E-state index >= 15 is 0 Å². The molecule has 0 unspecified atom stereocenters. The van der Waals surface area contributed by atoms with Crippen LogP contribution >= 0.6 is 0 Å². The molecule has 0 aliphatic heterocycles. The minimum atomic E-state index is 0.551. The fourth-order valence-corrected chi connectivity index (χ4v) is 0.942. The second-order valence-corrected chi connectivity index (χ2v) is 2.44. The van der Waals surface area contributed by atoms with Crippen LogP contribution < -0.4 is 15.6 Å². The molecule has 0 saturated carbocycles. The maximum absolute atomic E-state index is 10.3. The van der Waals surface area contributed by atoms with E-state index in [0.29, 0.717) is 18.7 Å². The molecule has 0 saturated heterocycles. The van der Waals surface area contributed by atoms with Gasteiger partial charge in [0.05, 0.1) is 12.3 Å². The van der Waals surface area contributed by atoms with Crippen molar-refractivity contribution in [1.82, 2.24) is 0 Å². The quantitative estimate of drug-likeness (QED) is 0.324. The van der Waals surface area contributed by atoms with Crippen molar-refractivity contribution in [2.45, 2.75) is 6.92 Å². The number of benzene rings is 1. The third-order valence-corrected chi connectivity index (χ3v) is 1.56. The van der Waals surface area contributed by atoms with Crippen LogP contribution in [0.4, 0.5) is 5.69 Å². The summed E-state index contributed by atoms with van der Waals surface area (Å²) in [5, 5.41) is 1.01. The van der Waals surface area contributed by atoms with Gasteiger partial charge in [0.1, 0.15) is 5.75 Å². The topological polar surface area (TPSA) is 55.6 Å². The zero-order valence-corrected chi connectivity index (χ0v) is 7.43. The van der Waals surface area contributed by atoms with E-state index in [4.69, 9.17) is 10.6 Å². The van der Waals surface area contributed by atoms with E-state index < -0.39 is 0 Å². The van der Waals surface area contributed by atoms with Crippen molar-refractivity contribution in [3.8, 4) is 5.75 Å². The Labute approximate surface area is 76.9 Å². The summed E-state index contributed by atoms with van der Waals surface area (Å²) < 4.78 is 5.23. The Hall–Kier alpha value is -1.55. The van der Waals surface area contributed by atoms with Gasteiger partial charge in [0, 0.05) is 0 Å². The van der Waals surface area contributed by atoms with Gasteiger partial charge in [-0.2, -0.15) is 0 Å². The van der Waals surface area contributed by atoms with Crippen molar-refractivity contribution < 1.29 is 9.53 Å². The average molecular weight is 180 g/mol. The van der Waals surface area contributed by atoms with E-state index in [-0.39, 0.29) is 0 Å². The van der Waals surface area contributed by atoms with Crippen LogP contribution in [0, 0.1) is 0 Å². The predicted octanol–water partition coefficient (Wildman–Crippen LogP) is 0.922. The summed E-state index contributed by atoms with van der Waals surface area (Å²) in [5.41, 5.74) is 0.637. The number of hydrogen-bond donors (Lipinski definition) is 1. The standard InChI is InChI=1S/C9H12N2O2/c1-2-13-9-5-3-8(4-6-9)11(10)7-12/h3-7H,2,10H2,1H3. The monoisotopic (exact) mass is 180 g/mol. The van der Waals surface area contributed by atoms with Crippen LogP contribution in [0.3, 0.4) is 0 Å². The minimum Gasteiger partial charge on any atom is -0.494 e. The largest absolute Gasteiger partial charge is 0.494 e. The van der Waals surface area contributed by atoms with Gasteiger partial charge >= 0.3 is 0 Å². The number of carbonyl (C=O) groups is 1. The molecule has 0 aliphatic rings. The minimum absolute atomic E-state index is 0.551. The van der Waals surface area contributed by atoms with Gasteiger partial charge in [0.2, 0.25) is 6.41 Å². The molecule has 0 fully saturated rings. The van der Waals surface area contributed by atoms with Gasteiger partial charge in [0.25, 0.3) is 0 Å². The van der Waals surface area contributed by atoms with Crippen LogP contribution in [0.2, 0.25) is 0 Å². The molecular formula is C9H12N2O2. The molecule has 70 valence electrons. The molecule has 4 heteroatoms. The summed E-state index contributed by atoms with van der Waals surface area (Å²) in [7, 11) is 0. The molecule has 0 heterocycles. The summed E-state index contributed by atoms with van der Waals surface area (Å²) in [4.78, 5) is 10.3. The lowest BCUT2D eigenvalue weighted by Crippen LogP contribution is -2.28. The molecular weight excluding hydrogens is 168 g/mol. The number of anilines is 1. The van der Waals surface area contributed by atoms with Crippen molar-refractivity contribution in [2.24, 2.45) is 5.84 Å². The van der Waals surface area contributed by atoms with E-state index in [0.717, 1.165) is 10.8 Å². The van der Waals surface area contributed by atoms with Gasteiger partial charge < -0.3 is 4.74 Å². The van der Waals surface area contributed by atoms with Crippen molar-refractivity contribution in [3.05, 3.63) is 24.3 Å². The van der Waals surface area contributed by atoms with Gasteiger partial charge in [-0.15, -0.1) is 0 Å². The number of rotatable bonds is 4. The van der Waals surface area contributed by atoms with E-state index in [1.54, 1.807) is 24.3 Å². The highest BCUT2D eigenvalue weighted by Crippen LogP contribution is 2.16. The molecule has 0 aliphatic carbocycles. The summed E-state index contributed by atoms with van der Waals surface area (Å²) in [5.74, 6) is 6.11. The first-order chi connectivity index (χ1) is 6.27. The summed E-state index contributed by atoms with van der Waals surface area (Å²) in [6, 6.07) is 6.98. The van der Waals surface area contributed by atoms with Crippen LogP contribution in [0.25, 0.3) is 0 Å². The number of hydrazine groups is 1. The zero-order valence-electron chi connectivity index (χ0n) is 7.43. The lowest BCUT2D eigenvalue weighted by atomic mass is 10.3. The Kier molecular flexibility index (Phi) is 3.28. The number of nitrogens with zero attached hydrogens (tertiary/aromatic N) is 1. The highest BCUT2D eigenvalue weighted by Gasteiger charge is 1.98. The Morgan fingerprint density at radius 3 is 2.54 bits per heavy atom. The molecule has 13 heavy (non-hydrogen) atoms. The lowest BCUT2D eigenvalue weighted by molar-refractivity contribution is -0.107. The van der Waals surface area contributed by atoms with Crippen LogP contribution in [0.5, 0.6) is 5.75 Å². The van der Waals surface area contributed by atoms with Crippen molar-refractivity contribution in [3.63, 3.8) is 0 Å². The van der Waals surface area contributed by atoms with Gasteiger partial charge in [-0.1, -0.05) is 0 Å². The van der Waals surface area contributed by atoms with Crippen LogP contribution in [-0.2, 0) is 4.79 Å². The smallest absolute Gasteiger partial charge is 0.228 e. The Morgan fingerprint density at radius 1 is 1.46 bits per heavy atom. The van der Waals surface area contributed by atoms with Crippen molar-refractivity contribution in [1.29, 1.82) is 0 Å². The third kappa shape index (κ3) is 2.45. The molecule has 2 N–H and O–H groups in total. The molecule has 0 aromatic heterocycles. The van der Waals surface area contributed by atoms with Crippen LogP contribution in [0.15, 0.2) is 24.3 Å². The molecule has 0 radical (unpaired) electrons. The van der Waals surface area contributed by atoms with E-state index in [1.165, 1.54) is 0 Å². The Bertz CT molecular complexity index is 271. The molecule has 1 aromatic carbocycles. The predicted molar refractivity (Wildman–Crippen MR) is 50.3 cm³/mol. The molecule has 0 spiro atoms. The molecule has 0 bridgehead atoms. The van der Waals surface area contributed by atoms with Crippen LogP contribution in [-0.4, -0.2) is 13.0 Å². The average Bonchev–Trinajstić information content (AvgIpc) is 2.18. The maximum Gasteiger partial charge on any atom is 0.228 e. The van der Waals surface area contributed by atoms with Gasteiger partial charge in [0.15, 0.2) is 0 Å². The summed E-state index contributed by atoms with van der Waals surface area (Å²) in [6.45, 7) is 2.54. The fourth-order valence-electron chi connectivity index (χ4n) is 0.942. The van der Waals surface area contributed by atoms with Gasteiger partial charge in [-0.3, -0.25) is 9.80 Å². The molecule has 0 atom stereocenters. The first kappa shape index (κ1) is 9.54. The van der Waals surface area contributed by atoms with Gasteiger partial charge in [-0.25, -0.2) is 5.84 Å². The number of carbonyl (C=O) groups excluding carboxylic acids is 1. The molecule has 4 nitrogen and oxygen atoms in total. The summed E-state index contributed by atoms with van der Waals surface area (Å²) in [6.07, 6.45) is 0.551. The fraction of sp³-hybridized carbons (Fsp3) is 0.222. The zero-order chi connectivity index (χ0) is 9.68. The van der Waals surface area contributed by atoms with E-state index in [9.17, 15) is 4.79 Å². The highest BCUT2D eigenvalue weighted by molar-refractivity contribution is 5.73. The second kappa shape index (κ2) is 4.47. The van der Waals surface area contributed by atoms with E-state index in [1.807, 2.05) is 6.92 Å². The van der Waals surface area contributed by atoms with E-state index in [2.05, 4.69) is 0 Å². The second-order valence-electron chi connectivity index (χ2n) is 2.44. The third-order valence-electron chi connectivity index (χ3n) is 1.56. The first-order valence-corrected chi connectivity index (χ1v) is 4.00. The summed E-state index contributed by atoms with van der Waals surface area (Å²) >= 11 is 0. The molecule has 1 amide bonds. The maximum atomic E-state index is 10.3. The number of amides is 1. The highest BCUT2D eigenvalue weighted by atomic mass is 16.5. The normalized spacial score (nSPS) is 9.38. The lowest BCUT2D eigenvalue weighted by Gasteiger charge is -2.10. The first-order valence-electron chi connectivity index (χ1n) is 4.00. The SMILES string of the molecule is CCOc1ccc(N(N)C=O)cc1. The Balaban J connectivity index is 2.74. The molecule has 1 aromatic rings. The van der Waals surface area contributed by atoms with Crippen molar-refractivity contribution >= 4 is 12.1 Å². The van der Waals surface area contributed by atoms with Crippen molar-refractivity contribution in [2.75, 3.05) is 11.6 Å². The number of ether oxygens (including phenoxy) is 1. The molecule has 1 rings (SSSR count). The van der Waals surface area contributed by atoms with Gasteiger partial charge in [-0.05, 0) is 31.2 Å². The Morgan fingerprint density at radius 2 is 2.08 bits per heavy atom.